The Morgan fingerprint density at radius 2 is 2.05 bits per heavy atom. The molecule has 0 saturated carbocycles. The Labute approximate surface area is 118 Å². The fourth-order valence-electron chi connectivity index (χ4n) is 1.83. The van der Waals surface area contributed by atoms with Crippen molar-refractivity contribution in [1.29, 1.82) is 0 Å². The Balaban J connectivity index is 3.29. The lowest BCUT2D eigenvalue weighted by Crippen LogP contribution is -2.24. The minimum absolute atomic E-state index is 0.0560. The molecule has 0 saturated heterocycles. The smallest absolute Gasteiger partial charge is 0.337 e. The number of ether oxygens (including phenoxy) is 1. The molecule has 0 aromatic carbocycles. The van der Waals surface area contributed by atoms with Gasteiger partial charge in [-0.05, 0) is 25.8 Å². The number of carbonyl (C=O) groups is 2. The summed E-state index contributed by atoms with van der Waals surface area (Å²) in [4.78, 5) is 27.4. The first-order valence-electron chi connectivity index (χ1n) is 6.64. The lowest BCUT2D eigenvalue weighted by atomic mass is 10.1. The van der Waals surface area contributed by atoms with Crippen LogP contribution >= 0.6 is 0 Å². The third-order valence-electron chi connectivity index (χ3n) is 2.84. The molecule has 0 bridgehead atoms. The first-order chi connectivity index (χ1) is 9.54. The molecule has 0 aliphatic heterocycles. The number of aryl methyl sites for hydroxylation is 1. The summed E-state index contributed by atoms with van der Waals surface area (Å²) in [5.74, 6) is -1.31. The molecule has 1 heterocycles. The van der Waals surface area contributed by atoms with Gasteiger partial charge in [0.05, 0.1) is 18.4 Å². The van der Waals surface area contributed by atoms with Crippen LogP contribution in [-0.4, -0.2) is 35.6 Å². The second kappa shape index (κ2) is 7.47. The Morgan fingerprint density at radius 3 is 2.55 bits per heavy atom. The van der Waals surface area contributed by atoms with Gasteiger partial charge in [-0.15, -0.1) is 0 Å². The van der Waals surface area contributed by atoms with Crippen LogP contribution in [0.25, 0.3) is 0 Å². The molecule has 0 unspecified atom stereocenters. The normalized spacial score (nSPS) is 10.2. The van der Waals surface area contributed by atoms with E-state index in [1.807, 2.05) is 6.92 Å². The molecule has 1 aromatic rings. The van der Waals surface area contributed by atoms with Crippen molar-refractivity contribution in [2.24, 2.45) is 0 Å². The van der Waals surface area contributed by atoms with Gasteiger partial charge in [0.15, 0.2) is 0 Å². The van der Waals surface area contributed by atoms with E-state index >= 15 is 0 Å². The maximum atomic E-state index is 11.9. The molecule has 0 spiro atoms. The number of nitrogens with one attached hydrogen (secondary N) is 1. The number of amides is 1. The fraction of sp³-hybridized carbons (Fsp3) is 0.500. The van der Waals surface area contributed by atoms with Crippen LogP contribution < -0.4 is 10.1 Å². The van der Waals surface area contributed by atoms with Crippen LogP contribution in [-0.2, 0) is 6.42 Å². The Bertz CT molecular complexity index is 500. The van der Waals surface area contributed by atoms with Crippen LogP contribution in [0.1, 0.15) is 53.1 Å². The molecule has 0 atom stereocenters. The van der Waals surface area contributed by atoms with Crippen LogP contribution in [0.15, 0.2) is 6.07 Å². The topological polar surface area (TPSA) is 88.5 Å². The van der Waals surface area contributed by atoms with Crippen molar-refractivity contribution in [2.45, 2.75) is 33.1 Å². The van der Waals surface area contributed by atoms with E-state index in [4.69, 9.17) is 4.74 Å². The van der Waals surface area contributed by atoms with Crippen LogP contribution in [0.3, 0.4) is 0 Å². The molecule has 1 aromatic heterocycles. The number of carboxylic acids is 1. The van der Waals surface area contributed by atoms with Crippen molar-refractivity contribution in [2.75, 3.05) is 13.7 Å². The minimum atomic E-state index is -1.09. The fourth-order valence-corrected chi connectivity index (χ4v) is 1.83. The number of unbranched alkanes of at least 4 members (excludes halogenated alkanes) is 1. The third kappa shape index (κ3) is 3.69. The second-order valence-corrected chi connectivity index (χ2v) is 4.31. The quantitative estimate of drug-likeness (QED) is 0.796. The largest absolute Gasteiger partial charge is 0.480 e. The van der Waals surface area contributed by atoms with Crippen molar-refractivity contribution in [1.82, 2.24) is 10.3 Å². The summed E-state index contributed by atoms with van der Waals surface area (Å²) < 4.78 is 5.10. The van der Waals surface area contributed by atoms with Gasteiger partial charge >= 0.3 is 5.97 Å². The van der Waals surface area contributed by atoms with E-state index in [1.54, 1.807) is 6.92 Å². The molecule has 0 aliphatic rings. The first kappa shape index (κ1) is 15.9. The number of hydrogen-bond acceptors (Lipinski definition) is 4. The third-order valence-corrected chi connectivity index (χ3v) is 2.84. The monoisotopic (exact) mass is 280 g/mol. The highest BCUT2D eigenvalue weighted by Crippen LogP contribution is 2.21. The number of carboxylic acid groups (broad SMARTS) is 1. The molecule has 110 valence electrons. The predicted octanol–water partition coefficient (Wildman–Crippen LogP) is 1.88. The van der Waals surface area contributed by atoms with E-state index in [1.165, 1.54) is 13.2 Å². The number of hydrogen-bond donors (Lipinski definition) is 2. The SMILES string of the molecule is CCCCc1nc(OC)c(C(=O)NCC)cc1C(=O)O. The van der Waals surface area contributed by atoms with Gasteiger partial charge in [0.25, 0.3) is 5.91 Å². The average molecular weight is 280 g/mol. The van der Waals surface area contributed by atoms with E-state index in [2.05, 4.69) is 10.3 Å². The van der Waals surface area contributed by atoms with Gasteiger partial charge in [-0.1, -0.05) is 13.3 Å². The molecule has 1 amide bonds. The van der Waals surface area contributed by atoms with Crippen LogP contribution in [0, 0.1) is 0 Å². The van der Waals surface area contributed by atoms with Gasteiger partial charge in [-0.3, -0.25) is 4.79 Å². The lowest BCUT2D eigenvalue weighted by molar-refractivity contribution is 0.0695. The maximum Gasteiger partial charge on any atom is 0.337 e. The summed E-state index contributed by atoms with van der Waals surface area (Å²) in [6.07, 6.45) is 2.31. The summed E-state index contributed by atoms with van der Waals surface area (Å²) in [6.45, 7) is 4.24. The zero-order valence-electron chi connectivity index (χ0n) is 12.0. The highest BCUT2D eigenvalue weighted by Gasteiger charge is 2.20. The summed E-state index contributed by atoms with van der Waals surface area (Å²) in [7, 11) is 1.41. The first-order valence-corrected chi connectivity index (χ1v) is 6.64. The van der Waals surface area contributed by atoms with Crippen LogP contribution in [0.4, 0.5) is 0 Å². The van der Waals surface area contributed by atoms with Gasteiger partial charge in [-0.25, -0.2) is 9.78 Å². The minimum Gasteiger partial charge on any atom is -0.480 e. The van der Waals surface area contributed by atoms with Gasteiger partial charge in [0.1, 0.15) is 5.56 Å². The van der Waals surface area contributed by atoms with Crippen molar-refractivity contribution in [3.8, 4) is 5.88 Å². The van der Waals surface area contributed by atoms with Gasteiger partial charge in [-0.2, -0.15) is 0 Å². The number of rotatable bonds is 7. The number of methoxy groups -OCH3 is 1. The molecule has 6 heteroatoms. The summed E-state index contributed by atoms with van der Waals surface area (Å²) in [5.41, 5.74) is 0.650. The van der Waals surface area contributed by atoms with E-state index in [9.17, 15) is 14.7 Å². The molecule has 0 fully saturated rings. The highest BCUT2D eigenvalue weighted by molar-refractivity contribution is 5.99. The number of nitrogens with zero attached hydrogens (tertiary/aromatic N) is 1. The molecule has 0 aliphatic carbocycles. The predicted molar refractivity (Wildman–Crippen MR) is 74.4 cm³/mol. The molecule has 20 heavy (non-hydrogen) atoms. The average Bonchev–Trinajstić information content (AvgIpc) is 2.44. The molecular weight excluding hydrogens is 260 g/mol. The van der Waals surface area contributed by atoms with Gasteiger partial charge in [0.2, 0.25) is 5.88 Å². The molecule has 1 rings (SSSR count). The Hall–Kier alpha value is -2.11. The van der Waals surface area contributed by atoms with Crippen molar-refractivity contribution >= 4 is 11.9 Å². The highest BCUT2D eigenvalue weighted by atomic mass is 16.5. The van der Waals surface area contributed by atoms with E-state index < -0.39 is 5.97 Å². The van der Waals surface area contributed by atoms with E-state index in [0.717, 1.165) is 12.8 Å². The summed E-state index contributed by atoms with van der Waals surface area (Å²) in [5, 5.41) is 11.9. The van der Waals surface area contributed by atoms with Crippen LogP contribution in [0.2, 0.25) is 0 Å². The molecule has 0 radical (unpaired) electrons. The lowest BCUT2D eigenvalue weighted by Gasteiger charge is -2.12. The molecular formula is C14H20N2O4. The Morgan fingerprint density at radius 1 is 1.35 bits per heavy atom. The van der Waals surface area contributed by atoms with Crippen molar-refractivity contribution < 1.29 is 19.4 Å². The Kier molecular flexibility index (Phi) is 5.96. The van der Waals surface area contributed by atoms with Crippen molar-refractivity contribution in [3.05, 3.63) is 22.9 Å². The van der Waals surface area contributed by atoms with Crippen molar-refractivity contribution in [3.63, 3.8) is 0 Å². The second-order valence-electron chi connectivity index (χ2n) is 4.31. The standard InChI is InChI=1S/C14H20N2O4/c1-4-6-7-11-9(14(18)19)8-10(12(17)15-5-2)13(16-11)20-3/h8H,4-7H2,1-3H3,(H,15,17)(H,18,19). The summed E-state index contributed by atoms with van der Waals surface area (Å²) >= 11 is 0. The van der Waals surface area contributed by atoms with E-state index in [0.29, 0.717) is 18.7 Å². The molecule has 6 nitrogen and oxygen atoms in total. The van der Waals surface area contributed by atoms with Crippen LogP contribution in [0.5, 0.6) is 5.88 Å². The number of carbonyl (C=O) groups excluding carboxylic acids is 1. The number of aromatic carboxylic acids is 1. The number of aromatic nitrogens is 1. The zero-order valence-corrected chi connectivity index (χ0v) is 12.0. The summed E-state index contributed by atoms with van der Waals surface area (Å²) in [6, 6.07) is 1.34. The van der Waals surface area contributed by atoms with E-state index in [-0.39, 0.29) is 22.9 Å². The van der Waals surface area contributed by atoms with Gasteiger partial charge in [0, 0.05) is 6.54 Å². The molecule has 2 N–H and O–H groups in total. The van der Waals surface area contributed by atoms with Gasteiger partial charge < -0.3 is 15.2 Å². The zero-order chi connectivity index (χ0) is 15.1. The maximum absolute atomic E-state index is 11.9. The number of pyridine rings is 1.